The number of nitro groups is 1. The minimum atomic E-state index is -0.571. The van der Waals surface area contributed by atoms with Crippen LogP contribution >= 0.6 is 0 Å². The van der Waals surface area contributed by atoms with E-state index in [4.69, 9.17) is 19.4 Å². The predicted molar refractivity (Wildman–Crippen MR) is 183 cm³/mol. The van der Waals surface area contributed by atoms with Gasteiger partial charge >= 0.3 is 5.97 Å². The fraction of sp³-hybridized carbons (Fsp3) is 0.471. The SMILES string of the molecule is COc1cc(N(C)CCN(C)C)c([N+](=O)[O-])cc1Nc1ncc(C(=O)OC(C)C)c(N2CC(C)(C)c3nc(C#CC(C)C)ccc32)n1. The normalized spacial score (nSPS) is 13.3. The van der Waals surface area contributed by atoms with Gasteiger partial charge in [-0.3, -0.25) is 10.1 Å². The minimum Gasteiger partial charge on any atom is -0.494 e. The van der Waals surface area contributed by atoms with Crippen LogP contribution in [0.3, 0.4) is 0 Å². The van der Waals surface area contributed by atoms with Gasteiger partial charge in [-0.25, -0.2) is 14.8 Å². The Bertz CT molecular complexity index is 1710. The number of nitrogens with zero attached hydrogens (tertiary/aromatic N) is 7. The molecule has 0 atom stereocenters. The van der Waals surface area contributed by atoms with E-state index in [1.807, 2.05) is 54.8 Å². The molecule has 0 radical (unpaired) electrons. The van der Waals surface area contributed by atoms with Gasteiger partial charge in [0.05, 0.1) is 35.2 Å². The number of fused-ring (bicyclic) bond motifs is 1. The minimum absolute atomic E-state index is 0.107. The first-order valence-corrected chi connectivity index (χ1v) is 15.5. The molecule has 250 valence electrons. The smallest absolute Gasteiger partial charge is 0.343 e. The number of methoxy groups -OCH3 is 1. The number of likely N-dealkylation sites (N-methyl/N-ethyl adjacent to an activating group) is 2. The van der Waals surface area contributed by atoms with Crippen LogP contribution in [0.25, 0.3) is 0 Å². The number of esters is 1. The maximum Gasteiger partial charge on any atom is 0.343 e. The van der Waals surface area contributed by atoms with Gasteiger partial charge in [0.1, 0.15) is 22.7 Å². The zero-order valence-corrected chi connectivity index (χ0v) is 28.8. The molecule has 0 bridgehead atoms. The van der Waals surface area contributed by atoms with Gasteiger partial charge in [-0.15, -0.1) is 0 Å². The molecule has 47 heavy (non-hydrogen) atoms. The largest absolute Gasteiger partial charge is 0.494 e. The van der Waals surface area contributed by atoms with Crippen LogP contribution in [0.15, 0.2) is 30.5 Å². The van der Waals surface area contributed by atoms with Crippen LogP contribution in [0.2, 0.25) is 0 Å². The lowest BCUT2D eigenvalue weighted by Gasteiger charge is -2.24. The number of hydrogen-bond acceptors (Lipinski definition) is 12. The molecule has 3 heterocycles. The second-order valence-corrected chi connectivity index (χ2v) is 13.0. The summed E-state index contributed by atoms with van der Waals surface area (Å²) >= 11 is 0. The molecule has 0 unspecified atom stereocenters. The molecular formula is C34H44N8O5. The van der Waals surface area contributed by atoms with Crippen LogP contribution in [0, 0.1) is 27.9 Å². The number of aromatic nitrogens is 3. The molecule has 1 aliphatic heterocycles. The Morgan fingerprint density at radius 1 is 1.15 bits per heavy atom. The Morgan fingerprint density at radius 3 is 2.49 bits per heavy atom. The summed E-state index contributed by atoms with van der Waals surface area (Å²) in [4.78, 5) is 44.9. The summed E-state index contributed by atoms with van der Waals surface area (Å²) in [6, 6.07) is 6.82. The number of benzene rings is 1. The number of pyridine rings is 1. The lowest BCUT2D eigenvalue weighted by atomic mass is 9.91. The molecule has 0 spiro atoms. The number of nitro benzene ring substituents is 1. The van der Waals surface area contributed by atoms with Crippen molar-refractivity contribution in [2.45, 2.75) is 53.1 Å². The molecular weight excluding hydrogens is 600 g/mol. The summed E-state index contributed by atoms with van der Waals surface area (Å²) in [6.45, 7) is 13.5. The summed E-state index contributed by atoms with van der Waals surface area (Å²) < 4.78 is 11.2. The van der Waals surface area contributed by atoms with Crippen molar-refractivity contribution in [1.82, 2.24) is 19.9 Å². The molecule has 0 saturated carbocycles. The van der Waals surface area contributed by atoms with Gasteiger partial charge in [-0.1, -0.05) is 33.6 Å². The van der Waals surface area contributed by atoms with Crippen molar-refractivity contribution in [2.75, 3.05) is 63.0 Å². The van der Waals surface area contributed by atoms with Crippen LogP contribution in [0.5, 0.6) is 5.75 Å². The molecule has 1 N–H and O–H groups in total. The van der Waals surface area contributed by atoms with E-state index in [2.05, 4.69) is 36.0 Å². The molecule has 0 fully saturated rings. The van der Waals surface area contributed by atoms with E-state index in [-0.39, 0.29) is 29.2 Å². The monoisotopic (exact) mass is 644 g/mol. The molecule has 3 aromatic rings. The first kappa shape index (κ1) is 34.9. The summed E-state index contributed by atoms with van der Waals surface area (Å²) in [7, 11) is 7.17. The van der Waals surface area contributed by atoms with Crippen molar-refractivity contribution in [2.24, 2.45) is 5.92 Å². The zero-order chi connectivity index (χ0) is 34.6. The van der Waals surface area contributed by atoms with Crippen LogP contribution in [0.1, 0.15) is 63.3 Å². The summed E-state index contributed by atoms with van der Waals surface area (Å²) in [6.07, 6.45) is 1.04. The van der Waals surface area contributed by atoms with Crippen molar-refractivity contribution in [3.63, 3.8) is 0 Å². The highest BCUT2D eigenvalue weighted by molar-refractivity contribution is 5.96. The summed E-state index contributed by atoms with van der Waals surface area (Å²) in [5.74, 6) is 6.73. The van der Waals surface area contributed by atoms with Crippen LogP contribution in [-0.2, 0) is 10.2 Å². The molecule has 1 aromatic carbocycles. The van der Waals surface area contributed by atoms with Crippen molar-refractivity contribution in [3.8, 4) is 17.6 Å². The maximum atomic E-state index is 13.3. The quantitative estimate of drug-likeness (QED) is 0.121. The molecule has 13 nitrogen and oxygen atoms in total. The Morgan fingerprint density at radius 2 is 1.87 bits per heavy atom. The molecule has 0 aliphatic carbocycles. The summed E-state index contributed by atoms with van der Waals surface area (Å²) in [5, 5.41) is 15.3. The lowest BCUT2D eigenvalue weighted by Crippen LogP contribution is -2.29. The molecule has 1 aliphatic rings. The number of rotatable bonds is 11. The topological polar surface area (TPSA) is 139 Å². The first-order valence-electron chi connectivity index (χ1n) is 15.5. The number of hydrogen-bond donors (Lipinski definition) is 1. The van der Waals surface area contributed by atoms with Gasteiger partial charge in [-0.05, 0) is 46.0 Å². The van der Waals surface area contributed by atoms with Crippen LogP contribution in [0.4, 0.5) is 34.5 Å². The van der Waals surface area contributed by atoms with Crippen molar-refractivity contribution < 1.29 is 19.2 Å². The molecule has 0 saturated heterocycles. The molecule has 0 amide bonds. The zero-order valence-electron chi connectivity index (χ0n) is 28.8. The van der Waals surface area contributed by atoms with E-state index in [1.54, 1.807) is 27.0 Å². The number of ether oxygens (including phenoxy) is 2. The standard InChI is InChI=1S/C34H44N8O5/c1-21(2)11-12-23-13-14-26-30(36-23)34(5,6)20-41(26)31-24(32(43)47-22(3)4)19-35-33(38-31)37-25-17-28(42(44)45)27(18-29(25)46-10)40(9)16-15-39(7)8/h13-14,17-19,21-22H,15-16,20H2,1-10H3,(H,35,37,38). The average Bonchev–Trinajstić information content (AvgIpc) is 3.27. The second kappa shape index (κ2) is 14.2. The van der Waals surface area contributed by atoms with Crippen LogP contribution in [-0.4, -0.2) is 84.7 Å². The Balaban J connectivity index is 1.80. The third-order valence-corrected chi connectivity index (χ3v) is 7.47. The highest BCUT2D eigenvalue weighted by atomic mass is 16.6. The lowest BCUT2D eigenvalue weighted by molar-refractivity contribution is -0.384. The second-order valence-electron chi connectivity index (χ2n) is 13.0. The van der Waals surface area contributed by atoms with Crippen molar-refractivity contribution in [3.05, 3.63) is 57.5 Å². The third kappa shape index (κ3) is 8.07. The Kier molecular flexibility index (Phi) is 10.6. The van der Waals surface area contributed by atoms with E-state index in [1.165, 1.54) is 19.4 Å². The number of carbonyl (C=O) groups excluding carboxylic acids is 1. The van der Waals surface area contributed by atoms with E-state index >= 15 is 0 Å². The van der Waals surface area contributed by atoms with E-state index in [0.29, 0.717) is 48.3 Å². The third-order valence-electron chi connectivity index (χ3n) is 7.47. The van der Waals surface area contributed by atoms with Gasteiger partial charge in [0.2, 0.25) is 5.95 Å². The Labute approximate surface area is 276 Å². The van der Waals surface area contributed by atoms with Gasteiger partial charge in [0.25, 0.3) is 5.69 Å². The first-order chi connectivity index (χ1) is 22.1. The van der Waals surface area contributed by atoms with E-state index < -0.39 is 16.3 Å². The maximum absolute atomic E-state index is 13.3. The van der Waals surface area contributed by atoms with E-state index in [0.717, 1.165) is 11.4 Å². The number of carbonyl (C=O) groups is 1. The van der Waals surface area contributed by atoms with Gasteiger partial charge in [0.15, 0.2) is 5.82 Å². The van der Waals surface area contributed by atoms with Gasteiger partial charge in [-0.2, -0.15) is 4.98 Å². The fourth-order valence-corrected chi connectivity index (χ4v) is 5.13. The summed E-state index contributed by atoms with van der Waals surface area (Å²) in [5.41, 5.74) is 2.65. The van der Waals surface area contributed by atoms with Crippen molar-refractivity contribution in [1.29, 1.82) is 0 Å². The van der Waals surface area contributed by atoms with Gasteiger partial charge < -0.3 is 29.5 Å². The number of nitrogens with one attached hydrogen (secondary N) is 1. The number of anilines is 5. The average molecular weight is 645 g/mol. The molecule has 2 aromatic heterocycles. The molecule has 13 heteroatoms. The highest BCUT2D eigenvalue weighted by Crippen LogP contribution is 2.44. The Hall–Kier alpha value is -4.96. The van der Waals surface area contributed by atoms with Gasteiger partial charge in [0, 0.05) is 56.3 Å². The van der Waals surface area contributed by atoms with Crippen molar-refractivity contribution >= 4 is 40.5 Å². The highest BCUT2D eigenvalue weighted by Gasteiger charge is 2.40. The predicted octanol–water partition coefficient (Wildman–Crippen LogP) is 5.53. The fourth-order valence-electron chi connectivity index (χ4n) is 5.13. The molecule has 4 rings (SSSR count). The van der Waals surface area contributed by atoms with Crippen LogP contribution < -0.4 is 19.9 Å². The van der Waals surface area contributed by atoms with E-state index in [9.17, 15) is 14.9 Å².